The Kier molecular flexibility index (Phi) is 3.46. The lowest BCUT2D eigenvalue weighted by molar-refractivity contribution is 0.0697. The van der Waals surface area contributed by atoms with Crippen molar-refractivity contribution in [2.75, 3.05) is 0 Å². The van der Waals surface area contributed by atoms with E-state index in [1.54, 1.807) is 12.3 Å². The maximum atomic E-state index is 10.9. The lowest BCUT2D eigenvalue weighted by Gasteiger charge is -2.09. The minimum Gasteiger partial charge on any atom is -0.478 e. The second-order valence-corrected chi connectivity index (χ2v) is 4.78. The normalized spacial score (nSPS) is 10.5. The van der Waals surface area contributed by atoms with Crippen LogP contribution in [0.5, 0.6) is 11.5 Å². The highest BCUT2D eigenvalue weighted by molar-refractivity contribution is 6.33. The minimum absolute atomic E-state index is 0.0450. The predicted octanol–water partition coefficient (Wildman–Crippen LogP) is 4.38. The number of carboxylic acid groups (broad SMARTS) is 1. The van der Waals surface area contributed by atoms with Gasteiger partial charge in [-0.25, -0.2) is 4.79 Å². The molecule has 0 saturated carbocycles. The van der Waals surface area contributed by atoms with Gasteiger partial charge < -0.3 is 9.84 Å². The summed E-state index contributed by atoms with van der Waals surface area (Å²) in [5.74, 6) is 0.0435. The van der Waals surface area contributed by atoms with Crippen molar-refractivity contribution >= 4 is 28.5 Å². The molecule has 0 saturated heterocycles. The van der Waals surface area contributed by atoms with Crippen LogP contribution >= 0.6 is 11.6 Å². The smallest absolute Gasteiger partial charge is 0.337 e. The van der Waals surface area contributed by atoms with E-state index in [9.17, 15) is 4.79 Å². The monoisotopic (exact) mass is 299 g/mol. The zero-order valence-electron chi connectivity index (χ0n) is 10.8. The summed E-state index contributed by atoms with van der Waals surface area (Å²) in [4.78, 5) is 15.2. The summed E-state index contributed by atoms with van der Waals surface area (Å²) in [7, 11) is 0. The lowest BCUT2D eigenvalue weighted by Crippen LogP contribution is -1.97. The van der Waals surface area contributed by atoms with E-state index in [1.165, 1.54) is 12.1 Å². The number of pyridine rings is 1. The van der Waals surface area contributed by atoms with Crippen molar-refractivity contribution in [1.29, 1.82) is 0 Å². The van der Waals surface area contributed by atoms with Gasteiger partial charge in [-0.05, 0) is 36.4 Å². The van der Waals surface area contributed by atoms with Gasteiger partial charge in [0.1, 0.15) is 11.5 Å². The number of carbonyl (C=O) groups is 1. The fourth-order valence-corrected chi connectivity index (χ4v) is 2.28. The number of halogens is 1. The number of aromatic nitrogens is 1. The van der Waals surface area contributed by atoms with Gasteiger partial charge in [0, 0.05) is 17.6 Å². The standard InChI is InChI=1S/C16H10ClNO3/c17-13-9-10(6-7-11(13)16(19)20)21-15-5-1-4-14-12(15)3-2-8-18-14/h1-9H,(H,19,20). The number of benzene rings is 2. The number of aromatic carboxylic acids is 1. The maximum absolute atomic E-state index is 10.9. The summed E-state index contributed by atoms with van der Waals surface area (Å²) in [6.45, 7) is 0. The fraction of sp³-hybridized carbons (Fsp3) is 0. The number of carboxylic acids is 1. The first-order valence-corrected chi connectivity index (χ1v) is 6.57. The van der Waals surface area contributed by atoms with E-state index in [-0.39, 0.29) is 10.6 Å². The molecule has 0 aliphatic heterocycles. The molecule has 2 aromatic carbocycles. The van der Waals surface area contributed by atoms with Crippen LogP contribution in [0.15, 0.2) is 54.7 Å². The third-order valence-electron chi connectivity index (χ3n) is 3.00. The van der Waals surface area contributed by atoms with Crippen LogP contribution in [-0.4, -0.2) is 16.1 Å². The Morgan fingerprint density at radius 3 is 2.76 bits per heavy atom. The highest BCUT2D eigenvalue weighted by Gasteiger charge is 2.10. The van der Waals surface area contributed by atoms with Crippen LogP contribution in [0.25, 0.3) is 10.9 Å². The predicted molar refractivity (Wildman–Crippen MR) is 80.2 cm³/mol. The number of hydrogen-bond donors (Lipinski definition) is 1. The molecule has 1 N–H and O–H groups in total. The summed E-state index contributed by atoms with van der Waals surface area (Å²) >= 11 is 5.94. The van der Waals surface area contributed by atoms with Gasteiger partial charge in [-0.1, -0.05) is 17.7 Å². The summed E-state index contributed by atoms with van der Waals surface area (Å²) in [5.41, 5.74) is 0.867. The van der Waals surface area contributed by atoms with Crippen molar-refractivity contribution in [3.8, 4) is 11.5 Å². The summed E-state index contributed by atoms with van der Waals surface area (Å²) in [6.07, 6.45) is 1.71. The largest absolute Gasteiger partial charge is 0.478 e. The van der Waals surface area contributed by atoms with Crippen LogP contribution in [0.2, 0.25) is 5.02 Å². The van der Waals surface area contributed by atoms with E-state index in [2.05, 4.69) is 4.98 Å². The third-order valence-corrected chi connectivity index (χ3v) is 3.32. The molecule has 0 amide bonds. The van der Waals surface area contributed by atoms with E-state index >= 15 is 0 Å². The zero-order valence-corrected chi connectivity index (χ0v) is 11.5. The van der Waals surface area contributed by atoms with Gasteiger partial charge in [-0.3, -0.25) is 4.98 Å². The molecular formula is C16H10ClNO3. The Labute approximate surface area is 125 Å². The highest BCUT2D eigenvalue weighted by Crippen LogP contribution is 2.31. The zero-order chi connectivity index (χ0) is 14.8. The molecule has 0 radical (unpaired) electrons. The molecule has 0 atom stereocenters. The first-order chi connectivity index (χ1) is 10.1. The van der Waals surface area contributed by atoms with Crippen molar-refractivity contribution in [3.63, 3.8) is 0 Å². The minimum atomic E-state index is -1.07. The number of fused-ring (bicyclic) bond motifs is 1. The third kappa shape index (κ3) is 2.66. The van der Waals surface area contributed by atoms with Gasteiger partial charge in [0.05, 0.1) is 16.1 Å². The number of ether oxygens (including phenoxy) is 1. The van der Waals surface area contributed by atoms with Crippen molar-refractivity contribution in [2.24, 2.45) is 0 Å². The average Bonchev–Trinajstić information content (AvgIpc) is 2.47. The van der Waals surface area contributed by atoms with E-state index in [1.807, 2.05) is 30.3 Å². The van der Waals surface area contributed by atoms with E-state index in [4.69, 9.17) is 21.4 Å². The number of hydrogen-bond acceptors (Lipinski definition) is 3. The summed E-state index contributed by atoms with van der Waals surface area (Å²) in [6, 6.07) is 13.8. The van der Waals surface area contributed by atoms with Gasteiger partial charge in [0.2, 0.25) is 0 Å². The highest BCUT2D eigenvalue weighted by atomic mass is 35.5. The first kappa shape index (κ1) is 13.4. The first-order valence-electron chi connectivity index (χ1n) is 6.19. The molecule has 104 valence electrons. The molecule has 3 aromatic rings. The van der Waals surface area contributed by atoms with Crippen molar-refractivity contribution in [1.82, 2.24) is 4.98 Å². The second kappa shape index (κ2) is 5.42. The quantitative estimate of drug-likeness (QED) is 0.779. The van der Waals surface area contributed by atoms with Crippen LogP contribution in [0.3, 0.4) is 0 Å². The molecule has 21 heavy (non-hydrogen) atoms. The van der Waals surface area contributed by atoms with Crippen molar-refractivity contribution < 1.29 is 14.6 Å². The van der Waals surface area contributed by atoms with Gasteiger partial charge in [-0.2, -0.15) is 0 Å². The van der Waals surface area contributed by atoms with Gasteiger partial charge in [0.25, 0.3) is 0 Å². The number of nitrogens with zero attached hydrogens (tertiary/aromatic N) is 1. The molecule has 0 spiro atoms. The SMILES string of the molecule is O=C(O)c1ccc(Oc2cccc3ncccc23)cc1Cl. The van der Waals surface area contributed by atoms with Crippen LogP contribution < -0.4 is 4.74 Å². The molecule has 3 rings (SSSR count). The average molecular weight is 300 g/mol. The van der Waals surface area contributed by atoms with E-state index < -0.39 is 5.97 Å². The van der Waals surface area contributed by atoms with E-state index in [0.29, 0.717) is 11.5 Å². The summed E-state index contributed by atoms with van der Waals surface area (Å²) in [5, 5.41) is 9.97. The van der Waals surface area contributed by atoms with Gasteiger partial charge in [0.15, 0.2) is 0 Å². The molecule has 0 unspecified atom stereocenters. The molecule has 5 heteroatoms. The van der Waals surface area contributed by atoms with E-state index in [0.717, 1.165) is 10.9 Å². The van der Waals surface area contributed by atoms with Crippen LogP contribution in [0.4, 0.5) is 0 Å². The molecular weight excluding hydrogens is 290 g/mol. The maximum Gasteiger partial charge on any atom is 0.337 e. The molecule has 0 aliphatic carbocycles. The molecule has 4 nitrogen and oxygen atoms in total. The van der Waals surface area contributed by atoms with Gasteiger partial charge in [-0.15, -0.1) is 0 Å². The number of rotatable bonds is 3. The Morgan fingerprint density at radius 1 is 1.14 bits per heavy atom. The molecule has 0 aliphatic rings. The van der Waals surface area contributed by atoms with Gasteiger partial charge >= 0.3 is 5.97 Å². The second-order valence-electron chi connectivity index (χ2n) is 4.38. The molecule has 1 heterocycles. The van der Waals surface area contributed by atoms with Crippen molar-refractivity contribution in [3.05, 3.63) is 65.3 Å². The Bertz CT molecular complexity index is 827. The van der Waals surface area contributed by atoms with Crippen LogP contribution in [0.1, 0.15) is 10.4 Å². The Hall–Kier alpha value is -2.59. The molecule has 0 fully saturated rings. The Morgan fingerprint density at radius 2 is 2.00 bits per heavy atom. The molecule has 0 bridgehead atoms. The van der Waals surface area contributed by atoms with Crippen molar-refractivity contribution in [2.45, 2.75) is 0 Å². The summed E-state index contributed by atoms with van der Waals surface area (Å²) < 4.78 is 5.79. The Balaban J connectivity index is 1.99. The topological polar surface area (TPSA) is 59.4 Å². The van der Waals surface area contributed by atoms with Crippen LogP contribution in [-0.2, 0) is 0 Å². The molecule has 1 aromatic heterocycles. The van der Waals surface area contributed by atoms with Crippen LogP contribution in [0, 0.1) is 0 Å². The lowest BCUT2D eigenvalue weighted by atomic mass is 10.2. The fourth-order valence-electron chi connectivity index (χ4n) is 2.02.